The van der Waals surface area contributed by atoms with E-state index in [-0.39, 0.29) is 6.54 Å². The zero-order valence-corrected chi connectivity index (χ0v) is 9.06. The van der Waals surface area contributed by atoms with E-state index in [1.54, 1.807) is 13.8 Å². The Morgan fingerprint density at radius 1 is 1.54 bits per heavy atom. The summed E-state index contributed by atoms with van der Waals surface area (Å²) in [6.07, 6.45) is 0. The summed E-state index contributed by atoms with van der Waals surface area (Å²) < 4.78 is 14.1. The molecule has 0 radical (unpaired) electrons. The number of nitrogens with zero attached hydrogens (tertiary/aromatic N) is 2. The van der Waals surface area contributed by atoms with E-state index in [0.29, 0.717) is 5.69 Å². The number of aromatic nitrogens is 2. The molecule has 0 bridgehead atoms. The van der Waals surface area contributed by atoms with Crippen molar-refractivity contribution in [3.8, 4) is 0 Å². The van der Waals surface area contributed by atoms with Gasteiger partial charge in [0.1, 0.15) is 6.67 Å². The van der Waals surface area contributed by atoms with Gasteiger partial charge in [0, 0.05) is 5.69 Å². The molecular weight excluding hydrogens is 239 g/mol. The van der Waals surface area contributed by atoms with Gasteiger partial charge in [0.15, 0.2) is 0 Å². The maximum Gasteiger partial charge on any atom is 0.348 e. The molecule has 1 aromatic heterocycles. The number of alkyl halides is 1. The minimum absolute atomic E-state index is 0.0660. The first-order chi connectivity index (χ1) is 6.07. The Kier molecular flexibility index (Phi) is 3.19. The van der Waals surface area contributed by atoms with Gasteiger partial charge in [-0.1, -0.05) is 0 Å². The Balaban J connectivity index is 3.35. The maximum atomic E-state index is 12.1. The molecule has 72 valence electrons. The summed E-state index contributed by atoms with van der Waals surface area (Å²) in [5, 5.41) is 0. The fourth-order valence-corrected chi connectivity index (χ4v) is 1.43. The topological polar surface area (TPSA) is 34.9 Å². The van der Waals surface area contributed by atoms with Gasteiger partial charge < -0.3 is 0 Å². The van der Waals surface area contributed by atoms with E-state index in [4.69, 9.17) is 0 Å². The summed E-state index contributed by atoms with van der Waals surface area (Å²) in [5.74, 6) is 0. The number of halogens is 2. The molecule has 5 heteroatoms. The van der Waals surface area contributed by atoms with Crippen LogP contribution in [0.15, 0.2) is 9.27 Å². The predicted molar refractivity (Wildman–Crippen MR) is 51.6 cm³/mol. The summed E-state index contributed by atoms with van der Waals surface area (Å²) in [5.41, 5.74) is 0.962. The van der Waals surface area contributed by atoms with E-state index < -0.39 is 12.4 Å². The zero-order valence-electron chi connectivity index (χ0n) is 7.47. The maximum absolute atomic E-state index is 12.1. The minimum Gasteiger partial charge on any atom is -0.293 e. The van der Waals surface area contributed by atoms with E-state index in [1.807, 2.05) is 0 Å². The van der Waals surface area contributed by atoms with Crippen LogP contribution >= 0.6 is 15.9 Å². The molecule has 0 spiro atoms. The molecule has 3 nitrogen and oxygen atoms in total. The number of rotatable bonds is 2. The van der Waals surface area contributed by atoms with Crippen LogP contribution in [0.25, 0.3) is 0 Å². The minimum atomic E-state index is -0.558. The van der Waals surface area contributed by atoms with Crippen molar-refractivity contribution in [2.75, 3.05) is 6.67 Å². The Labute approximate surface area is 83.7 Å². The van der Waals surface area contributed by atoms with Crippen molar-refractivity contribution in [3.63, 3.8) is 0 Å². The average Bonchev–Trinajstić information content (AvgIpc) is 2.09. The van der Waals surface area contributed by atoms with Gasteiger partial charge in [-0.2, -0.15) is 4.98 Å². The zero-order chi connectivity index (χ0) is 10.0. The normalized spacial score (nSPS) is 10.5. The van der Waals surface area contributed by atoms with Gasteiger partial charge in [-0.05, 0) is 29.8 Å². The molecule has 0 aliphatic carbocycles. The Morgan fingerprint density at radius 2 is 2.15 bits per heavy atom. The summed E-state index contributed by atoms with van der Waals surface area (Å²) in [7, 11) is 0. The standard InChI is InChI=1S/C8H10BrFN2O/c1-5-7(9)6(2)12(4-3-10)8(13)11-5/h3-4H2,1-2H3. The van der Waals surface area contributed by atoms with E-state index in [9.17, 15) is 9.18 Å². The van der Waals surface area contributed by atoms with Crippen LogP contribution in [0.3, 0.4) is 0 Å². The average molecular weight is 249 g/mol. The van der Waals surface area contributed by atoms with E-state index in [1.165, 1.54) is 4.57 Å². The summed E-state index contributed by atoms with van der Waals surface area (Å²) in [6, 6.07) is 0. The molecule has 0 saturated heterocycles. The largest absolute Gasteiger partial charge is 0.348 e. The van der Waals surface area contributed by atoms with Crippen molar-refractivity contribution >= 4 is 15.9 Å². The summed E-state index contributed by atoms with van der Waals surface area (Å²) >= 11 is 3.29. The molecule has 0 saturated carbocycles. The summed E-state index contributed by atoms with van der Waals surface area (Å²) in [4.78, 5) is 15.0. The van der Waals surface area contributed by atoms with Gasteiger partial charge in [0.05, 0.1) is 16.7 Å². The van der Waals surface area contributed by atoms with E-state index >= 15 is 0 Å². The van der Waals surface area contributed by atoms with E-state index in [0.717, 1.165) is 10.2 Å². The van der Waals surface area contributed by atoms with Crippen LogP contribution < -0.4 is 5.69 Å². The van der Waals surface area contributed by atoms with Gasteiger partial charge in [-0.3, -0.25) is 4.57 Å². The number of hydrogen-bond acceptors (Lipinski definition) is 2. The van der Waals surface area contributed by atoms with Crippen LogP contribution in [0.1, 0.15) is 11.4 Å². The number of hydrogen-bond donors (Lipinski definition) is 0. The van der Waals surface area contributed by atoms with Crippen LogP contribution in [-0.2, 0) is 6.54 Å². The van der Waals surface area contributed by atoms with Crippen LogP contribution in [-0.4, -0.2) is 16.2 Å². The highest BCUT2D eigenvalue weighted by Gasteiger charge is 2.07. The van der Waals surface area contributed by atoms with Crippen LogP contribution in [0, 0.1) is 13.8 Å². The molecule has 1 rings (SSSR count). The number of aryl methyl sites for hydroxylation is 1. The van der Waals surface area contributed by atoms with Gasteiger partial charge in [0.25, 0.3) is 0 Å². The molecule has 1 heterocycles. The first kappa shape index (κ1) is 10.4. The van der Waals surface area contributed by atoms with Gasteiger partial charge in [-0.15, -0.1) is 0 Å². The molecule has 0 amide bonds. The van der Waals surface area contributed by atoms with Gasteiger partial charge in [-0.25, -0.2) is 9.18 Å². The summed E-state index contributed by atoms with van der Waals surface area (Å²) in [6.45, 7) is 3.00. The molecule has 0 atom stereocenters. The third kappa shape index (κ3) is 1.96. The lowest BCUT2D eigenvalue weighted by atomic mass is 10.3. The fourth-order valence-electron chi connectivity index (χ4n) is 1.12. The Bertz CT molecular complexity index is 375. The molecule has 0 unspecified atom stereocenters. The third-order valence-electron chi connectivity index (χ3n) is 1.84. The molecule has 0 fully saturated rings. The van der Waals surface area contributed by atoms with Crippen molar-refractivity contribution in [1.29, 1.82) is 0 Å². The highest BCUT2D eigenvalue weighted by molar-refractivity contribution is 9.10. The predicted octanol–water partition coefficient (Wildman–Crippen LogP) is 1.59. The van der Waals surface area contributed by atoms with Crippen molar-refractivity contribution in [3.05, 3.63) is 26.3 Å². The van der Waals surface area contributed by atoms with Crippen molar-refractivity contribution in [2.24, 2.45) is 0 Å². The second-order valence-corrected chi connectivity index (χ2v) is 3.51. The molecule has 0 aliphatic rings. The van der Waals surface area contributed by atoms with Gasteiger partial charge in [0.2, 0.25) is 0 Å². The van der Waals surface area contributed by atoms with Crippen molar-refractivity contribution < 1.29 is 4.39 Å². The van der Waals surface area contributed by atoms with Crippen LogP contribution in [0.4, 0.5) is 4.39 Å². The van der Waals surface area contributed by atoms with Crippen molar-refractivity contribution in [2.45, 2.75) is 20.4 Å². The molecule has 1 aromatic rings. The van der Waals surface area contributed by atoms with E-state index in [2.05, 4.69) is 20.9 Å². The van der Waals surface area contributed by atoms with Gasteiger partial charge >= 0.3 is 5.69 Å². The van der Waals surface area contributed by atoms with Crippen molar-refractivity contribution in [1.82, 2.24) is 9.55 Å². The lowest BCUT2D eigenvalue weighted by molar-refractivity contribution is 0.432. The smallest absolute Gasteiger partial charge is 0.293 e. The second-order valence-electron chi connectivity index (χ2n) is 2.72. The molecule has 0 N–H and O–H groups in total. The molecule has 13 heavy (non-hydrogen) atoms. The molecule has 0 aliphatic heterocycles. The lowest BCUT2D eigenvalue weighted by Gasteiger charge is -2.09. The SMILES string of the molecule is Cc1nc(=O)n(CCF)c(C)c1Br. The Morgan fingerprint density at radius 3 is 2.69 bits per heavy atom. The highest BCUT2D eigenvalue weighted by atomic mass is 79.9. The fraction of sp³-hybridized carbons (Fsp3) is 0.500. The molecular formula is C8H10BrFN2O. The lowest BCUT2D eigenvalue weighted by Crippen LogP contribution is -2.27. The molecule has 0 aromatic carbocycles. The quantitative estimate of drug-likeness (QED) is 0.797. The van der Waals surface area contributed by atoms with Crippen LogP contribution in [0.5, 0.6) is 0 Å². The first-order valence-electron chi connectivity index (χ1n) is 3.87. The first-order valence-corrected chi connectivity index (χ1v) is 4.66. The Hall–Kier alpha value is -0.710. The second kappa shape index (κ2) is 4.00. The van der Waals surface area contributed by atoms with Crippen LogP contribution in [0.2, 0.25) is 0 Å². The highest BCUT2D eigenvalue weighted by Crippen LogP contribution is 2.16. The third-order valence-corrected chi connectivity index (χ3v) is 2.99. The monoisotopic (exact) mass is 248 g/mol.